The summed E-state index contributed by atoms with van der Waals surface area (Å²) in [7, 11) is 0. The molecular weight excluding hydrogens is 466 g/mol. The van der Waals surface area contributed by atoms with Gasteiger partial charge in [-0.25, -0.2) is 4.79 Å². The average Bonchev–Trinajstić information content (AvgIpc) is 2.79. The highest BCUT2D eigenvalue weighted by Gasteiger charge is 2.42. The van der Waals surface area contributed by atoms with Gasteiger partial charge < -0.3 is 20.3 Å². The molecule has 0 spiro atoms. The van der Waals surface area contributed by atoms with E-state index in [1.54, 1.807) is 32.6 Å². The van der Waals surface area contributed by atoms with E-state index in [-0.39, 0.29) is 11.8 Å². The number of anilines is 1. The van der Waals surface area contributed by atoms with Crippen LogP contribution in [0.15, 0.2) is 42.5 Å². The van der Waals surface area contributed by atoms with E-state index in [1.807, 2.05) is 84.0 Å². The summed E-state index contributed by atoms with van der Waals surface area (Å²) in [5.41, 5.74) is 2.89. The zero-order chi connectivity index (χ0) is 28.1. The molecule has 0 saturated heterocycles. The molecule has 0 saturated carbocycles. The van der Waals surface area contributed by atoms with Crippen LogP contribution < -0.4 is 10.6 Å². The van der Waals surface area contributed by atoms with Gasteiger partial charge in [-0.1, -0.05) is 43.3 Å². The SMILES string of the molecule is CCC(C)(C)N(C(=O)C(C)NC(=O)OC(C)(C)C)C(C(=O)Nc1ccccc1C)c1cccc(C)c1C. The van der Waals surface area contributed by atoms with Crippen molar-refractivity contribution in [2.45, 2.75) is 98.9 Å². The highest BCUT2D eigenvalue weighted by molar-refractivity contribution is 5.99. The molecule has 2 aromatic carbocycles. The van der Waals surface area contributed by atoms with Gasteiger partial charge in [0.1, 0.15) is 17.7 Å². The number of hydrogen-bond acceptors (Lipinski definition) is 4. The zero-order valence-electron chi connectivity index (χ0n) is 24.0. The molecule has 2 atom stereocenters. The second-order valence-electron chi connectivity index (χ2n) is 11.2. The summed E-state index contributed by atoms with van der Waals surface area (Å²) in [5, 5.41) is 5.71. The monoisotopic (exact) mass is 509 g/mol. The number of alkyl carbamates (subject to hydrolysis) is 1. The minimum atomic E-state index is -0.926. The number of nitrogens with one attached hydrogen (secondary N) is 2. The van der Waals surface area contributed by atoms with Crippen molar-refractivity contribution < 1.29 is 19.1 Å². The van der Waals surface area contributed by atoms with Crippen molar-refractivity contribution in [2.75, 3.05) is 5.32 Å². The predicted octanol–water partition coefficient (Wildman–Crippen LogP) is 6.22. The number of aryl methyl sites for hydroxylation is 2. The Balaban J connectivity index is 2.61. The highest BCUT2D eigenvalue weighted by Crippen LogP contribution is 2.35. The van der Waals surface area contributed by atoms with Crippen molar-refractivity contribution in [3.63, 3.8) is 0 Å². The van der Waals surface area contributed by atoms with Crippen LogP contribution in [0.4, 0.5) is 10.5 Å². The molecular formula is C30H43N3O4. The van der Waals surface area contributed by atoms with E-state index in [4.69, 9.17) is 4.74 Å². The lowest BCUT2D eigenvalue weighted by Crippen LogP contribution is -2.58. The highest BCUT2D eigenvalue weighted by atomic mass is 16.6. The van der Waals surface area contributed by atoms with Crippen molar-refractivity contribution in [3.05, 3.63) is 64.7 Å². The fourth-order valence-corrected chi connectivity index (χ4v) is 4.08. The maximum Gasteiger partial charge on any atom is 0.408 e. The Morgan fingerprint density at radius 1 is 0.919 bits per heavy atom. The summed E-state index contributed by atoms with van der Waals surface area (Å²) in [6.45, 7) is 18.6. The first-order valence-electron chi connectivity index (χ1n) is 12.8. The average molecular weight is 510 g/mol. The number of carbonyl (C=O) groups is 3. The first kappa shape index (κ1) is 29.9. The fourth-order valence-electron chi connectivity index (χ4n) is 4.08. The van der Waals surface area contributed by atoms with E-state index in [2.05, 4.69) is 10.6 Å². The van der Waals surface area contributed by atoms with E-state index in [1.165, 1.54) is 0 Å². The van der Waals surface area contributed by atoms with Gasteiger partial charge in [0.15, 0.2) is 0 Å². The Morgan fingerprint density at radius 3 is 2.08 bits per heavy atom. The number of nitrogens with zero attached hydrogens (tertiary/aromatic N) is 1. The van der Waals surface area contributed by atoms with Gasteiger partial charge in [-0.3, -0.25) is 9.59 Å². The summed E-state index contributed by atoms with van der Waals surface area (Å²) >= 11 is 0. The third-order valence-electron chi connectivity index (χ3n) is 6.71. The Hall–Kier alpha value is -3.35. The number of para-hydroxylation sites is 1. The van der Waals surface area contributed by atoms with E-state index in [9.17, 15) is 14.4 Å². The van der Waals surface area contributed by atoms with Gasteiger partial charge in [0, 0.05) is 11.2 Å². The van der Waals surface area contributed by atoms with Crippen LogP contribution in [-0.4, -0.2) is 40.0 Å². The molecule has 7 nitrogen and oxygen atoms in total. The van der Waals surface area contributed by atoms with Crippen LogP contribution in [0, 0.1) is 20.8 Å². The first-order valence-corrected chi connectivity index (χ1v) is 12.8. The Morgan fingerprint density at radius 2 is 1.51 bits per heavy atom. The molecule has 2 unspecified atom stereocenters. The fraction of sp³-hybridized carbons (Fsp3) is 0.500. The second kappa shape index (κ2) is 11.8. The summed E-state index contributed by atoms with van der Waals surface area (Å²) in [4.78, 5) is 42.2. The molecule has 2 rings (SSSR count). The van der Waals surface area contributed by atoms with Gasteiger partial charge in [-0.15, -0.1) is 0 Å². The summed E-state index contributed by atoms with van der Waals surface area (Å²) in [6, 6.07) is 11.5. The molecule has 0 radical (unpaired) electrons. The predicted molar refractivity (Wildman–Crippen MR) is 149 cm³/mol. The molecule has 0 aliphatic carbocycles. The Bertz CT molecular complexity index is 1130. The zero-order valence-corrected chi connectivity index (χ0v) is 24.0. The Kier molecular flexibility index (Phi) is 9.53. The van der Waals surface area contributed by atoms with Crippen LogP contribution in [0.3, 0.4) is 0 Å². The molecule has 2 N–H and O–H groups in total. The van der Waals surface area contributed by atoms with Gasteiger partial charge >= 0.3 is 6.09 Å². The van der Waals surface area contributed by atoms with Gasteiger partial charge in [0.05, 0.1) is 0 Å². The van der Waals surface area contributed by atoms with E-state index in [0.29, 0.717) is 12.1 Å². The molecule has 3 amide bonds. The van der Waals surface area contributed by atoms with Gasteiger partial charge in [0.25, 0.3) is 5.91 Å². The van der Waals surface area contributed by atoms with Crippen LogP contribution >= 0.6 is 0 Å². The van der Waals surface area contributed by atoms with Crippen LogP contribution in [0.5, 0.6) is 0 Å². The van der Waals surface area contributed by atoms with Crippen LogP contribution in [0.25, 0.3) is 0 Å². The van der Waals surface area contributed by atoms with Crippen molar-refractivity contribution in [1.82, 2.24) is 10.2 Å². The minimum Gasteiger partial charge on any atom is -0.444 e. The smallest absolute Gasteiger partial charge is 0.408 e. The summed E-state index contributed by atoms with van der Waals surface area (Å²) < 4.78 is 5.37. The minimum absolute atomic E-state index is 0.317. The second-order valence-corrected chi connectivity index (χ2v) is 11.2. The molecule has 0 fully saturated rings. The summed E-state index contributed by atoms with van der Waals surface area (Å²) in [6.07, 6.45) is -0.0908. The van der Waals surface area contributed by atoms with Crippen molar-refractivity contribution >= 4 is 23.6 Å². The number of rotatable bonds is 8. The van der Waals surface area contributed by atoms with Crippen molar-refractivity contribution in [2.24, 2.45) is 0 Å². The number of ether oxygens (including phenoxy) is 1. The van der Waals surface area contributed by atoms with Gasteiger partial charge in [-0.05, 0) is 97.1 Å². The maximum atomic E-state index is 14.1. The third kappa shape index (κ3) is 7.57. The van der Waals surface area contributed by atoms with E-state index in [0.717, 1.165) is 22.3 Å². The molecule has 0 aliphatic heterocycles. The normalized spacial score (nSPS) is 13.4. The maximum absolute atomic E-state index is 14.1. The Labute approximate surface area is 222 Å². The molecule has 202 valence electrons. The van der Waals surface area contributed by atoms with E-state index < -0.39 is 29.3 Å². The van der Waals surface area contributed by atoms with Gasteiger partial charge in [-0.2, -0.15) is 0 Å². The number of carbonyl (C=O) groups excluding carboxylic acids is 3. The quantitative estimate of drug-likeness (QED) is 0.442. The molecule has 0 bridgehead atoms. The van der Waals surface area contributed by atoms with Crippen molar-refractivity contribution in [3.8, 4) is 0 Å². The largest absolute Gasteiger partial charge is 0.444 e. The number of hydrogen-bond donors (Lipinski definition) is 2. The molecule has 0 aromatic heterocycles. The van der Waals surface area contributed by atoms with Crippen molar-refractivity contribution in [1.29, 1.82) is 0 Å². The van der Waals surface area contributed by atoms with E-state index >= 15 is 0 Å². The standard InChI is InChI=1S/C30H43N3O4/c1-11-30(9,10)33(27(35)22(5)31-28(36)37-29(6,7)8)25(23-17-14-16-19(2)21(23)4)26(34)32-24-18-13-12-15-20(24)3/h12-18,22,25H,11H2,1-10H3,(H,31,36)(H,32,34). The molecule has 2 aromatic rings. The van der Waals surface area contributed by atoms with Crippen LogP contribution in [0.2, 0.25) is 0 Å². The molecule has 7 heteroatoms. The first-order chi connectivity index (χ1) is 17.1. The van der Waals surface area contributed by atoms with Gasteiger partial charge in [0.2, 0.25) is 5.91 Å². The number of amides is 3. The lowest BCUT2D eigenvalue weighted by molar-refractivity contribution is -0.147. The molecule has 0 aliphatic rings. The van der Waals surface area contributed by atoms with Crippen LogP contribution in [-0.2, 0) is 14.3 Å². The molecule has 37 heavy (non-hydrogen) atoms. The number of benzene rings is 2. The third-order valence-corrected chi connectivity index (χ3v) is 6.71. The summed E-state index contributed by atoms with van der Waals surface area (Å²) in [5.74, 6) is -0.689. The lowest BCUT2D eigenvalue weighted by atomic mass is 9.89. The lowest BCUT2D eigenvalue weighted by Gasteiger charge is -2.44. The van der Waals surface area contributed by atoms with Crippen LogP contribution in [0.1, 0.15) is 83.2 Å². The topological polar surface area (TPSA) is 87.7 Å². The molecule has 0 heterocycles.